The number of ether oxygens (including phenoxy) is 1. The van der Waals surface area contributed by atoms with Crippen LogP contribution in [0.2, 0.25) is 0 Å². The predicted molar refractivity (Wildman–Crippen MR) is 69.6 cm³/mol. The van der Waals surface area contributed by atoms with Gasteiger partial charge in [0.05, 0.1) is 20.1 Å². The highest BCUT2D eigenvalue weighted by molar-refractivity contribution is 5.82. The average molecular weight is 266 g/mol. The number of hydrogen-bond donors (Lipinski definition) is 3. The molecule has 1 atom stereocenters. The number of nitrogens with one attached hydrogen (secondary N) is 1. The number of aliphatic hydroxyl groups is 1. The second-order valence-electron chi connectivity index (χ2n) is 4.20. The molecule has 0 saturated heterocycles. The summed E-state index contributed by atoms with van der Waals surface area (Å²) in [6.07, 6.45) is -1.22. The molecule has 0 saturated carbocycles. The third-order valence-corrected chi connectivity index (χ3v) is 2.66. The maximum Gasteiger partial charge on any atom is 0.248 e. The van der Waals surface area contributed by atoms with Crippen LogP contribution in [-0.2, 0) is 16.0 Å². The van der Waals surface area contributed by atoms with Crippen molar-refractivity contribution in [2.75, 3.05) is 13.7 Å². The SMILES string of the molecule is COc1cc(CC(=O)NCC(O)C(N)=O)ccc1C. The van der Waals surface area contributed by atoms with Crippen molar-refractivity contribution in [1.29, 1.82) is 0 Å². The summed E-state index contributed by atoms with van der Waals surface area (Å²) >= 11 is 0. The topological polar surface area (TPSA) is 102 Å². The fourth-order valence-electron chi connectivity index (χ4n) is 1.53. The van der Waals surface area contributed by atoms with E-state index in [0.717, 1.165) is 11.1 Å². The summed E-state index contributed by atoms with van der Waals surface area (Å²) in [6.45, 7) is 1.73. The molecular weight excluding hydrogens is 248 g/mol. The Morgan fingerprint density at radius 2 is 2.16 bits per heavy atom. The second-order valence-corrected chi connectivity index (χ2v) is 4.20. The maximum atomic E-state index is 11.6. The first-order valence-corrected chi connectivity index (χ1v) is 5.81. The lowest BCUT2D eigenvalue weighted by Gasteiger charge is -2.10. The van der Waals surface area contributed by atoms with E-state index in [9.17, 15) is 9.59 Å². The first-order valence-electron chi connectivity index (χ1n) is 5.81. The van der Waals surface area contributed by atoms with Crippen LogP contribution in [0.1, 0.15) is 11.1 Å². The van der Waals surface area contributed by atoms with Crippen LogP contribution in [0, 0.1) is 6.92 Å². The number of carbonyl (C=O) groups excluding carboxylic acids is 2. The number of aliphatic hydroxyl groups excluding tert-OH is 1. The zero-order valence-electron chi connectivity index (χ0n) is 11.0. The fraction of sp³-hybridized carbons (Fsp3) is 0.385. The van der Waals surface area contributed by atoms with Crippen LogP contribution in [-0.4, -0.2) is 36.7 Å². The number of amides is 2. The smallest absolute Gasteiger partial charge is 0.248 e. The summed E-state index contributed by atoms with van der Waals surface area (Å²) < 4.78 is 5.16. The van der Waals surface area contributed by atoms with Gasteiger partial charge in [0.25, 0.3) is 0 Å². The minimum atomic E-state index is -1.36. The molecule has 2 amide bonds. The van der Waals surface area contributed by atoms with Crippen molar-refractivity contribution < 1.29 is 19.4 Å². The minimum Gasteiger partial charge on any atom is -0.496 e. The van der Waals surface area contributed by atoms with E-state index in [-0.39, 0.29) is 18.9 Å². The fourth-order valence-corrected chi connectivity index (χ4v) is 1.53. The molecule has 4 N–H and O–H groups in total. The third-order valence-electron chi connectivity index (χ3n) is 2.66. The van der Waals surface area contributed by atoms with Gasteiger partial charge in [-0.15, -0.1) is 0 Å². The number of primary amides is 1. The molecule has 1 aromatic rings. The normalized spacial score (nSPS) is 11.7. The number of rotatable bonds is 6. The van der Waals surface area contributed by atoms with Crippen molar-refractivity contribution in [3.05, 3.63) is 29.3 Å². The molecule has 0 aliphatic carbocycles. The average Bonchev–Trinajstić information content (AvgIpc) is 2.38. The van der Waals surface area contributed by atoms with Crippen LogP contribution in [0.25, 0.3) is 0 Å². The van der Waals surface area contributed by atoms with Gasteiger partial charge >= 0.3 is 0 Å². The summed E-state index contributed by atoms with van der Waals surface area (Å²) in [5.41, 5.74) is 6.64. The molecule has 1 unspecified atom stereocenters. The first kappa shape index (κ1) is 15.0. The van der Waals surface area contributed by atoms with E-state index < -0.39 is 12.0 Å². The van der Waals surface area contributed by atoms with E-state index >= 15 is 0 Å². The summed E-state index contributed by atoms with van der Waals surface area (Å²) in [7, 11) is 1.56. The number of aryl methyl sites for hydroxylation is 1. The van der Waals surface area contributed by atoms with E-state index in [2.05, 4.69) is 5.32 Å². The van der Waals surface area contributed by atoms with Crippen molar-refractivity contribution in [2.24, 2.45) is 5.73 Å². The lowest BCUT2D eigenvalue weighted by Crippen LogP contribution is -2.40. The van der Waals surface area contributed by atoms with E-state index in [0.29, 0.717) is 5.75 Å². The zero-order chi connectivity index (χ0) is 14.4. The van der Waals surface area contributed by atoms with E-state index in [1.54, 1.807) is 13.2 Å². The molecule has 0 heterocycles. The summed E-state index contributed by atoms with van der Waals surface area (Å²) in [5.74, 6) is -0.453. The van der Waals surface area contributed by atoms with Crippen LogP contribution in [0.3, 0.4) is 0 Å². The van der Waals surface area contributed by atoms with Crippen LogP contribution < -0.4 is 15.8 Å². The van der Waals surface area contributed by atoms with Gasteiger partial charge in [0.15, 0.2) is 0 Å². The third kappa shape index (κ3) is 4.59. The Hall–Kier alpha value is -2.08. The molecule has 0 spiro atoms. The zero-order valence-corrected chi connectivity index (χ0v) is 11.0. The van der Waals surface area contributed by atoms with E-state index in [4.69, 9.17) is 15.6 Å². The van der Waals surface area contributed by atoms with E-state index in [1.807, 2.05) is 19.1 Å². The lowest BCUT2D eigenvalue weighted by atomic mass is 10.1. The molecule has 104 valence electrons. The Bertz CT molecular complexity index is 474. The second kappa shape index (κ2) is 6.75. The van der Waals surface area contributed by atoms with Gasteiger partial charge in [-0.2, -0.15) is 0 Å². The number of carbonyl (C=O) groups is 2. The van der Waals surface area contributed by atoms with Crippen LogP contribution in [0.5, 0.6) is 5.75 Å². The first-order chi connectivity index (χ1) is 8.93. The van der Waals surface area contributed by atoms with Gasteiger partial charge < -0.3 is 20.9 Å². The van der Waals surface area contributed by atoms with Gasteiger partial charge in [-0.1, -0.05) is 12.1 Å². The highest BCUT2D eigenvalue weighted by atomic mass is 16.5. The highest BCUT2D eigenvalue weighted by Crippen LogP contribution is 2.19. The quantitative estimate of drug-likeness (QED) is 0.646. The highest BCUT2D eigenvalue weighted by Gasteiger charge is 2.12. The molecule has 0 aliphatic heterocycles. The van der Waals surface area contributed by atoms with Crippen molar-refractivity contribution in [2.45, 2.75) is 19.4 Å². The molecule has 0 aromatic heterocycles. The monoisotopic (exact) mass is 266 g/mol. The van der Waals surface area contributed by atoms with Crippen LogP contribution in [0.4, 0.5) is 0 Å². The Morgan fingerprint density at radius 1 is 1.47 bits per heavy atom. The van der Waals surface area contributed by atoms with Gasteiger partial charge in [-0.25, -0.2) is 0 Å². The molecule has 6 nitrogen and oxygen atoms in total. The number of hydrogen-bond acceptors (Lipinski definition) is 4. The molecule has 1 rings (SSSR count). The Kier molecular flexibility index (Phi) is 5.32. The standard InChI is InChI=1S/C13H18N2O4/c1-8-3-4-9(5-11(8)19-2)6-12(17)15-7-10(16)13(14)18/h3-5,10,16H,6-7H2,1-2H3,(H2,14,18)(H,15,17). The molecular formula is C13H18N2O4. The number of nitrogens with two attached hydrogens (primary N) is 1. The molecule has 19 heavy (non-hydrogen) atoms. The minimum absolute atomic E-state index is 0.141. The predicted octanol–water partition coefficient (Wildman–Crippen LogP) is -0.491. The molecule has 0 fully saturated rings. The Labute approximate surface area is 111 Å². The summed E-state index contributed by atoms with van der Waals surface area (Å²) in [5, 5.41) is 11.6. The van der Waals surface area contributed by atoms with E-state index in [1.165, 1.54) is 0 Å². The Balaban J connectivity index is 2.55. The van der Waals surface area contributed by atoms with Crippen molar-refractivity contribution >= 4 is 11.8 Å². The molecule has 6 heteroatoms. The largest absolute Gasteiger partial charge is 0.496 e. The maximum absolute atomic E-state index is 11.6. The van der Waals surface area contributed by atoms with Crippen molar-refractivity contribution in [1.82, 2.24) is 5.32 Å². The van der Waals surface area contributed by atoms with Crippen molar-refractivity contribution in [3.8, 4) is 5.75 Å². The molecule has 1 aromatic carbocycles. The van der Waals surface area contributed by atoms with Gasteiger partial charge in [0, 0.05) is 0 Å². The summed E-state index contributed by atoms with van der Waals surface area (Å²) in [4.78, 5) is 22.2. The molecule has 0 aliphatic rings. The van der Waals surface area contributed by atoms with Gasteiger partial charge in [-0.05, 0) is 24.1 Å². The van der Waals surface area contributed by atoms with Gasteiger partial charge in [0.2, 0.25) is 11.8 Å². The van der Waals surface area contributed by atoms with Crippen LogP contribution in [0.15, 0.2) is 18.2 Å². The van der Waals surface area contributed by atoms with Crippen molar-refractivity contribution in [3.63, 3.8) is 0 Å². The number of benzene rings is 1. The molecule has 0 bridgehead atoms. The van der Waals surface area contributed by atoms with Gasteiger partial charge in [0.1, 0.15) is 11.9 Å². The van der Waals surface area contributed by atoms with Crippen LogP contribution >= 0.6 is 0 Å². The summed E-state index contributed by atoms with van der Waals surface area (Å²) in [6, 6.07) is 5.46. The number of methoxy groups -OCH3 is 1. The molecule has 0 radical (unpaired) electrons. The van der Waals surface area contributed by atoms with Gasteiger partial charge in [-0.3, -0.25) is 9.59 Å². The Morgan fingerprint density at radius 3 is 2.74 bits per heavy atom. The lowest BCUT2D eigenvalue weighted by molar-refractivity contribution is -0.126.